The first-order valence-corrected chi connectivity index (χ1v) is 7.05. The van der Waals surface area contributed by atoms with Gasteiger partial charge in [-0.3, -0.25) is 9.59 Å². The molecule has 1 atom stereocenters. The summed E-state index contributed by atoms with van der Waals surface area (Å²) in [7, 11) is 0. The van der Waals surface area contributed by atoms with Crippen LogP contribution in [0.15, 0.2) is 28.5 Å². The molecule has 0 amide bonds. The molecule has 114 valence electrons. The Bertz CT molecular complexity index is 822. The van der Waals surface area contributed by atoms with Crippen molar-refractivity contribution < 1.29 is 24.5 Å². The van der Waals surface area contributed by atoms with Crippen LogP contribution >= 0.6 is 23.2 Å². The highest BCUT2D eigenvalue weighted by Gasteiger charge is 2.58. The molecule has 0 radical (unpaired) electrons. The molecule has 0 saturated carbocycles. The number of aromatic hydroxyl groups is 1. The van der Waals surface area contributed by atoms with Gasteiger partial charge in [-0.15, -0.1) is 0 Å². The molecule has 0 unspecified atom stereocenters. The molecule has 5 nitrogen and oxygen atoms in total. The first-order chi connectivity index (χ1) is 10.2. The smallest absolute Gasteiger partial charge is 0.256 e. The van der Waals surface area contributed by atoms with Crippen LogP contribution in [0.25, 0.3) is 0 Å². The van der Waals surface area contributed by atoms with E-state index < -0.39 is 22.9 Å². The third-order valence-electron chi connectivity index (χ3n) is 3.95. The van der Waals surface area contributed by atoms with Gasteiger partial charge in [0.05, 0.1) is 15.6 Å². The highest BCUT2D eigenvalue weighted by molar-refractivity contribution is 6.37. The van der Waals surface area contributed by atoms with E-state index in [0.29, 0.717) is 5.56 Å². The number of phenolic OH excluding ortho intramolecular Hbond substituents is 1. The van der Waals surface area contributed by atoms with Gasteiger partial charge in [-0.1, -0.05) is 23.2 Å². The van der Waals surface area contributed by atoms with E-state index >= 15 is 0 Å². The summed E-state index contributed by atoms with van der Waals surface area (Å²) in [6.45, 7) is 2.98. The van der Waals surface area contributed by atoms with E-state index in [1.165, 1.54) is 13.0 Å². The number of hydrogen-bond donors (Lipinski definition) is 2. The van der Waals surface area contributed by atoms with Crippen molar-refractivity contribution >= 4 is 34.8 Å². The Morgan fingerprint density at radius 2 is 1.82 bits per heavy atom. The first kappa shape index (κ1) is 14.9. The van der Waals surface area contributed by atoms with E-state index in [1.807, 2.05) is 0 Å². The summed E-state index contributed by atoms with van der Waals surface area (Å²) in [5.74, 6) is -1.97. The minimum Gasteiger partial charge on any atom is -0.506 e. The third-order valence-corrected chi connectivity index (χ3v) is 4.90. The zero-order valence-electron chi connectivity index (χ0n) is 11.5. The lowest BCUT2D eigenvalue weighted by atomic mass is 9.80. The predicted octanol–water partition coefficient (Wildman–Crippen LogP) is 3.21. The molecule has 1 spiro atoms. The summed E-state index contributed by atoms with van der Waals surface area (Å²) in [6, 6.07) is 1.18. The van der Waals surface area contributed by atoms with E-state index in [-0.39, 0.29) is 32.7 Å². The molecule has 1 aliphatic carbocycles. The summed E-state index contributed by atoms with van der Waals surface area (Å²) in [5.41, 5.74) is -1.42. The molecule has 1 heterocycles. The van der Waals surface area contributed by atoms with Crippen LogP contribution in [0.2, 0.25) is 5.02 Å². The van der Waals surface area contributed by atoms with Crippen molar-refractivity contribution in [3.63, 3.8) is 0 Å². The van der Waals surface area contributed by atoms with Gasteiger partial charge in [0.1, 0.15) is 17.3 Å². The van der Waals surface area contributed by atoms with Crippen molar-refractivity contribution in [2.45, 2.75) is 19.4 Å². The van der Waals surface area contributed by atoms with E-state index in [4.69, 9.17) is 27.9 Å². The number of carbonyl (C=O) groups excluding carboxylic acids is 2. The van der Waals surface area contributed by atoms with Crippen molar-refractivity contribution in [1.29, 1.82) is 0 Å². The Labute approximate surface area is 135 Å². The lowest BCUT2D eigenvalue weighted by Crippen LogP contribution is -2.50. The van der Waals surface area contributed by atoms with E-state index in [9.17, 15) is 19.8 Å². The van der Waals surface area contributed by atoms with Crippen LogP contribution < -0.4 is 4.74 Å². The summed E-state index contributed by atoms with van der Waals surface area (Å²) in [4.78, 5) is 25.2. The van der Waals surface area contributed by atoms with Crippen molar-refractivity contribution in [3.05, 3.63) is 44.7 Å². The highest BCUT2D eigenvalue weighted by Crippen LogP contribution is 2.48. The number of aliphatic hydroxyl groups is 1. The summed E-state index contributed by atoms with van der Waals surface area (Å²) >= 11 is 11.9. The molecular weight excluding hydrogens is 331 g/mol. The van der Waals surface area contributed by atoms with Crippen LogP contribution in [0, 0.1) is 6.92 Å². The number of phenols is 1. The number of halogens is 2. The molecule has 1 aromatic carbocycles. The number of hydrogen-bond acceptors (Lipinski definition) is 5. The standard InChI is InChI=1S/C15H10Cl2O5/c1-5-11-9(3-7(18)12(5)16)22-15(14(11)21)6(2)13(17)8(19)4-10(15)20/h3-4,18-19H,1-2H3/t15-/m1/s1. The van der Waals surface area contributed by atoms with Crippen LogP contribution in [-0.2, 0) is 4.79 Å². The Balaban J connectivity index is 2.28. The monoisotopic (exact) mass is 340 g/mol. The second kappa shape index (κ2) is 4.51. The molecule has 1 aliphatic heterocycles. The van der Waals surface area contributed by atoms with Crippen LogP contribution in [0.3, 0.4) is 0 Å². The Hall–Kier alpha value is -1.98. The molecule has 3 rings (SSSR count). The van der Waals surface area contributed by atoms with Gasteiger partial charge in [-0.25, -0.2) is 0 Å². The fourth-order valence-corrected chi connectivity index (χ4v) is 3.06. The number of allylic oxidation sites excluding steroid dienone is 1. The maximum Gasteiger partial charge on any atom is 0.256 e. The first-order valence-electron chi connectivity index (χ1n) is 6.30. The topological polar surface area (TPSA) is 83.8 Å². The van der Waals surface area contributed by atoms with Crippen LogP contribution in [0.1, 0.15) is 22.8 Å². The number of ether oxygens (including phenoxy) is 1. The average molecular weight is 341 g/mol. The second-order valence-corrected chi connectivity index (χ2v) is 5.91. The van der Waals surface area contributed by atoms with E-state index in [2.05, 4.69) is 0 Å². The number of rotatable bonds is 0. The van der Waals surface area contributed by atoms with Crippen molar-refractivity contribution in [2.24, 2.45) is 0 Å². The number of Topliss-reactive ketones (excluding diaryl/α,β-unsaturated/α-hetero) is 1. The minimum atomic E-state index is -1.95. The summed E-state index contributed by atoms with van der Waals surface area (Å²) < 4.78 is 5.59. The summed E-state index contributed by atoms with van der Waals surface area (Å²) in [6.07, 6.45) is 0.857. The molecule has 0 bridgehead atoms. The maximum atomic E-state index is 12.8. The van der Waals surface area contributed by atoms with Crippen LogP contribution in [-0.4, -0.2) is 27.4 Å². The van der Waals surface area contributed by atoms with Crippen molar-refractivity contribution in [2.75, 3.05) is 0 Å². The molecule has 1 aromatic rings. The number of benzene rings is 1. The largest absolute Gasteiger partial charge is 0.506 e. The van der Waals surface area contributed by atoms with Gasteiger partial charge in [0.25, 0.3) is 5.60 Å². The molecule has 7 heteroatoms. The molecule has 0 saturated heterocycles. The Kier molecular flexibility index (Phi) is 3.06. The third kappa shape index (κ3) is 1.61. The summed E-state index contributed by atoms with van der Waals surface area (Å²) in [5, 5.41) is 19.3. The molecule has 2 N–H and O–H groups in total. The zero-order chi connectivity index (χ0) is 16.4. The van der Waals surface area contributed by atoms with Gasteiger partial charge in [0.15, 0.2) is 0 Å². The van der Waals surface area contributed by atoms with Crippen LogP contribution in [0.4, 0.5) is 0 Å². The highest BCUT2D eigenvalue weighted by atomic mass is 35.5. The lowest BCUT2D eigenvalue weighted by molar-refractivity contribution is -0.123. The molecule has 0 fully saturated rings. The van der Waals surface area contributed by atoms with Gasteiger partial charge < -0.3 is 14.9 Å². The zero-order valence-corrected chi connectivity index (χ0v) is 13.0. The lowest BCUT2D eigenvalue weighted by Gasteiger charge is -2.29. The van der Waals surface area contributed by atoms with Gasteiger partial charge in [0.2, 0.25) is 11.6 Å². The SMILES string of the molecule is CC1=C(Cl)C(O)=CC(=O)[C@]12Oc1cc(O)c(Cl)c(C)c1C2=O. The Morgan fingerprint density at radius 1 is 1.18 bits per heavy atom. The number of ketones is 2. The van der Waals surface area contributed by atoms with Crippen molar-refractivity contribution in [1.82, 2.24) is 0 Å². The second-order valence-electron chi connectivity index (χ2n) is 5.15. The molecule has 22 heavy (non-hydrogen) atoms. The number of aliphatic hydroxyl groups excluding tert-OH is 1. The van der Waals surface area contributed by atoms with E-state index in [1.54, 1.807) is 6.92 Å². The number of carbonyl (C=O) groups is 2. The van der Waals surface area contributed by atoms with Crippen molar-refractivity contribution in [3.8, 4) is 11.5 Å². The van der Waals surface area contributed by atoms with Gasteiger partial charge in [0, 0.05) is 17.7 Å². The molecular formula is C15H10Cl2O5. The maximum absolute atomic E-state index is 12.8. The van der Waals surface area contributed by atoms with Gasteiger partial charge >= 0.3 is 0 Å². The molecule has 2 aliphatic rings. The van der Waals surface area contributed by atoms with Gasteiger partial charge in [-0.2, -0.15) is 0 Å². The number of fused-ring (bicyclic) bond motifs is 1. The quantitative estimate of drug-likeness (QED) is 0.708. The molecule has 0 aromatic heterocycles. The van der Waals surface area contributed by atoms with Crippen LogP contribution in [0.5, 0.6) is 11.5 Å². The van der Waals surface area contributed by atoms with Gasteiger partial charge in [-0.05, 0) is 19.4 Å². The fourth-order valence-electron chi connectivity index (χ4n) is 2.73. The fraction of sp³-hybridized carbons (Fsp3) is 0.200. The Morgan fingerprint density at radius 3 is 2.45 bits per heavy atom. The van der Waals surface area contributed by atoms with E-state index in [0.717, 1.165) is 6.08 Å². The minimum absolute atomic E-state index is 0.0159. The predicted molar refractivity (Wildman–Crippen MR) is 79.8 cm³/mol. The average Bonchev–Trinajstić information content (AvgIpc) is 2.75. The normalized spacial score (nSPS) is 23.7.